The minimum absolute atomic E-state index is 0.130. The van der Waals surface area contributed by atoms with Crippen LogP contribution in [-0.4, -0.2) is 26.2 Å². The van der Waals surface area contributed by atoms with Crippen LogP contribution in [-0.2, 0) is 30.7 Å². The zero-order valence-corrected chi connectivity index (χ0v) is 12.3. The molecule has 0 unspecified atom stereocenters. The van der Waals surface area contributed by atoms with Gasteiger partial charge in [0, 0.05) is 5.41 Å². The van der Waals surface area contributed by atoms with Crippen molar-refractivity contribution >= 4 is 11.9 Å². The third-order valence-electron chi connectivity index (χ3n) is 4.35. The second-order valence-corrected chi connectivity index (χ2v) is 5.47. The van der Waals surface area contributed by atoms with E-state index in [9.17, 15) is 22.8 Å². The summed E-state index contributed by atoms with van der Waals surface area (Å²) in [6, 6.07) is 4.41. The van der Waals surface area contributed by atoms with Gasteiger partial charge in [-0.05, 0) is 24.1 Å². The topological polar surface area (TPSA) is 52.6 Å². The molecule has 1 fully saturated rings. The number of alkyl halides is 3. The van der Waals surface area contributed by atoms with Crippen LogP contribution < -0.4 is 0 Å². The Bertz CT molecular complexity index is 590. The van der Waals surface area contributed by atoms with Crippen LogP contribution in [0, 0.1) is 5.41 Å². The second kappa shape index (κ2) is 5.00. The normalized spacial score (nSPS) is 22.8. The van der Waals surface area contributed by atoms with E-state index in [-0.39, 0.29) is 6.42 Å². The van der Waals surface area contributed by atoms with Crippen molar-refractivity contribution < 1.29 is 32.2 Å². The maximum Gasteiger partial charge on any atom is 0.416 e. The van der Waals surface area contributed by atoms with Gasteiger partial charge in [-0.25, -0.2) is 0 Å². The number of carbonyl (C=O) groups excluding carboxylic acids is 2. The minimum Gasteiger partial charge on any atom is -0.468 e. The van der Waals surface area contributed by atoms with Gasteiger partial charge in [0.25, 0.3) is 0 Å². The molecule has 1 aromatic rings. The molecule has 0 bridgehead atoms. The number of hydrogen-bond acceptors (Lipinski definition) is 4. The fourth-order valence-corrected chi connectivity index (χ4v) is 2.89. The first kappa shape index (κ1) is 16.3. The van der Waals surface area contributed by atoms with Crippen LogP contribution in [0.1, 0.15) is 24.5 Å². The van der Waals surface area contributed by atoms with Crippen molar-refractivity contribution in [1.29, 1.82) is 0 Å². The van der Waals surface area contributed by atoms with Crippen molar-refractivity contribution in [2.45, 2.75) is 24.9 Å². The van der Waals surface area contributed by atoms with Crippen LogP contribution >= 0.6 is 0 Å². The Kier molecular flexibility index (Phi) is 3.71. The largest absolute Gasteiger partial charge is 0.468 e. The number of carbonyl (C=O) groups is 2. The van der Waals surface area contributed by atoms with Crippen molar-refractivity contribution in [2.75, 3.05) is 14.2 Å². The Hall–Kier alpha value is -2.05. The maximum atomic E-state index is 12.6. The Morgan fingerprint density at radius 1 is 1.05 bits per heavy atom. The van der Waals surface area contributed by atoms with Gasteiger partial charge in [0.05, 0.1) is 19.8 Å². The molecule has 2 rings (SSSR count). The molecule has 0 amide bonds. The van der Waals surface area contributed by atoms with Gasteiger partial charge in [-0.2, -0.15) is 13.2 Å². The molecule has 22 heavy (non-hydrogen) atoms. The zero-order chi connectivity index (χ0) is 16.8. The van der Waals surface area contributed by atoms with Crippen LogP contribution in [0.5, 0.6) is 0 Å². The monoisotopic (exact) mass is 316 g/mol. The summed E-state index contributed by atoms with van der Waals surface area (Å²) in [4.78, 5) is 24.0. The van der Waals surface area contributed by atoms with Gasteiger partial charge in [-0.15, -0.1) is 0 Å². The quantitative estimate of drug-likeness (QED) is 0.635. The van der Waals surface area contributed by atoms with Crippen LogP contribution in [0.4, 0.5) is 13.2 Å². The molecule has 0 saturated heterocycles. The molecule has 1 atom stereocenters. The first-order chi connectivity index (χ1) is 10.1. The fraction of sp³-hybridized carbons (Fsp3) is 0.467. The molecule has 0 aromatic heterocycles. The number of methoxy groups -OCH3 is 2. The Morgan fingerprint density at radius 2 is 1.50 bits per heavy atom. The van der Waals surface area contributed by atoms with Gasteiger partial charge in [0.2, 0.25) is 0 Å². The zero-order valence-electron chi connectivity index (χ0n) is 12.3. The third kappa shape index (κ3) is 2.15. The van der Waals surface area contributed by atoms with E-state index in [0.717, 1.165) is 26.4 Å². The standard InChI is InChI=1S/C15H15F3O4/c1-13(8-14(13,11(19)21-2)12(20)22-3)9-4-6-10(7-5-9)15(16,17)18/h4-7H,8H2,1-3H3/t13-/m1/s1. The molecule has 0 spiro atoms. The molecule has 120 valence electrons. The van der Waals surface area contributed by atoms with E-state index in [0.29, 0.717) is 5.56 Å². The van der Waals surface area contributed by atoms with Crippen molar-refractivity contribution in [3.63, 3.8) is 0 Å². The fourth-order valence-electron chi connectivity index (χ4n) is 2.89. The Labute approximate surface area is 125 Å². The summed E-state index contributed by atoms with van der Waals surface area (Å²) >= 11 is 0. The molecule has 1 aliphatic rings. The van der Waals surface area contributed by atoms with E-state index in [1.165, 1.54) is 12.1 Å². The molecule has 0 radical (unpaired) electrons. The summed E-state index contributed by atoms with van der Waals surface area (Å²) in [5.41, 5.74) is -2.79. The van der Waals surface area contributed by atoms with E-state index in [4.69, 9.17) is 0 Å². The van der Waals surface area contributed by atoms with Crippen molar-refractivity contribution in [3.8, 4) is 0 Å². The summed E-state index contributed by atoms with van der Waals surface area (Å²) < 4.78 is 47.2. The lowest BCUT2D eigenvalue weighted by molar-refractivity contribution is -0.162. The molecule has 0 heterocycles. The highest BCUT2D eigenvalue weighted by Gasteiger charge is 2.76. The average molecular weight is 316 g/mol. The number of esters is 2. The predicted octanol–water partition coefficient (Wildman–Crippen LogP) is 2.70. The molecule has 7 heteroatoms. The second-order valence-electron chi connectivity index (χ2n) is 5.47. The number of halogens is 3. The van der Waals surface area contributed by atoms with Crippen molar-refractivity contribution in [2.24, 2.45) is 5.41 Å². The van der Waals surface area contributed by atoms with Crippen LogP contribution in [0.2, 0.25) is 0 Å². The highest BCUT2D eigenvalue weighted by molar-refractivity contribution is 6.06. The van der Waals surface area contributed by atoms with E-state index in [2.05, 4.69) is 9.47 Å². The first-order valence-corrected chi connectivity index (χ1v) is 6.48. The van der Waals surface area contributed by atoms with Crippen LogP contribution in [0.3, 0.4) is 0 Å². The smallest absolute Gasteiger partial charge is 0.416 e. The van der Waals surface area contributed by atoms with Crippen molar-refractivity contribution in [1.82, 2.24) is 0 Å². The lowest BCUT2D eigenvalue weighted by Gasteiger charge is -2.19. The van der Waals surface area contributed by atoms with E-state index < -0.39 is 34.5 Å². The lowest BCUT2D eigenvalue weighted by Crippen LogP contribution is -2.35. The van der Waals surface area contributed by atoms with Gasteiger partial charge >= 0.3 is 18.1 Å². The summed E-state index contributed by atoms with van der Waals surface area (Å²) in [5.74, 6) is -1.50. The molecule has 1 aliphatic carbocycles. The highest BCUT2D eigenvalue weighted by Crippen LogP contribution is 2.65. The molecule has 1 saturated carbocycles. The lowest BCUT2D eigenvalue weighted by atomic mass is 9.87. The average Bonchev–Trinajstić information content (AvgIpc) is 3.14. The van der Waals surface area contributed by atoms with Crippen LogP contribution in [0.25, 0.3) is 0 Å². The molecule has 1 aromatic carbocycles. The molecule has 4 nitrogen and oxygen atoms in total. The Balaban J connectivity index is 2.40. The van der Waals surface area contributed by atoms with E-state index in [1.54, 1.807) is 6.92 Å². The Morgan fingerprint density at radius 3 is 1.86 bits per heavy atom. The first-order valence-electron chi connectivity index (χ1n) is 6.48. The molecular weight excluding hydrogens is 301 g/mol. The van der Waals surface area contributed by atoms with Gasteiger partial charge in [-0.1, -0.05) is 19.1 Å². The number of hydrogen-bond donors (Lipinski definition) is 0. The molecule has 0 aliphatic heterocycles. The highest BCUT2D eigenvalue weighted by atomic mass is 19.4. The third-order valence-corrected chi connectivity index (χ3v) is 4.35. The molecular formula is C15H15F3O4. The van der Waals surface area contributed by atoms with Gasteiger partial charge < -0.3 is 9.47 Å². The predicted molar refractivity (Wildman–Crippen MR) is 69.9 cm³/mol. The summed E-state index contributed by atoms with van der Waals surface area (Å²) in [6.45, 7) is 1.63. The SMILES string of the molecule is COC(=O)C1(C(=O)OC)C[C@]1(C)c1ccc(C(F)(F)F)cc1. The summed E-state index contributed by atoms with van der Waals surface area (Å²) in [5, 5.41) is 0. The van der Waals surface area contributed by atoms with Gasteiger partial charge in [0.1, 0.15) is 0 Å². The van der Waals surface area contributed by atoms with E-state index in [1.807, 2.05) is 0 Å². The van der Waals surface area contributed by atoms with Gasteiger partial charge in [0.15, 0.2) is 5.41 Å². The summed E-state index contributed by atoms with van der Waals surface area (Å²) in [7, 11) is 2.30. The molecule has 0 N–H and O–H groups in total. The number of rotatable bonds is 3. The maximum absolute atomic E-state index is 12.6. The number of ether oxygens (including phenoxy) is 2. The summed E-state index contributed by atoms with van der Waals surface area (Å²) in [6.07, 6.45) is -4.31. The van der Waals surface area contributed by atoms with Crippen molar-refractivity contribution in [3.05, 3.63) is 35.4 Å². The van der Waals surface area contributed by atoms with Crippen LogP contribution in [0.15, 0.2) is 24.3 Å². The van der Waals surface area contributed by atoms with Gasteiger partial charge in [-0.3, -0.25) is 9.59 Å². The number of benzene rings is 1. The van der Waals surface area contributed by atoms with E-state index >= 15 is 0 Å². The minimum atomic E-state index is -4.44.